The van der Waals surface area contributed by atoms with Gasteiger partial charge in [-0.2, -0.15) is 4.98 Å². The molecule has 2 saturated heterocycles. The van der Waals surface area contributed by atoms with E-state index < -0.39 is 0 Å². The zero-order chi connectivity index (χ0) is 22.3. The van der Waals surface area contributed by atoms with Gasteiger partial charge in [-0.1, -0.05) is 41.9 Å². The van der Waals surface area contributed by atoms with Crippen LogP contribution in [0.5, 0.6) is 0 Å². The van der Waals surface area contributed by atoms with Crippen molar-refractivity contribution in [2.24, 2.45) is 11.8 Å². The first-order valence-corrected chi connectivity index (χ1v) is 12.0. The third-order valence-electron chi connectivity index (χ3n) is 6.92. The molecule has 0 N–H and O–H groups in total. The summed E-state index contributed by atoms with van der Waals surface area (Å²) in [6.07, 6.45) is 6.79. The molecule has 3 heterocycles. The molecule has 1 aromatic carbocycles. The number of piperidine rings is 1. The van der Waals surface area contributed by atoms with Crippen LogP contribution in [0, 0.1) is 18.8 Å². The molecule has 7 heteroatoms. The largest absolute Gasteiger partial charge is 0.343 e. The highest BCUT2D eigenvalue weighted by molar-refractivity contribution is 5.79. The molecular formula is C25H34N4O3. The van der Waals surface area contributed by atoms with E-state index in [2.05, 4.69) is 39.3 Å². The normalized spacial score (nSPS) is 20.4. The van der Waals surface area contributed by atoms with Gasteiger partial charge in [-0.15, -0.1) is 0 Å². The number of aryl methyl sites for hydroxylation is 2. The third kappa shape index (κ3) is 5.75. The number of hydrogen-bond acceptors (Lipinski definition) is 5. The number of hydrogen-bond donors (Lipinski definition) is 0. The Labute approximate surface area is 190 Å². The van der Waals surface area contributed by atoms with E-state index >= 15 is 0 Å². The summed E-state index contributed by atoms with van der Waals surface area (Å²) in [6, 6.07) is 10.4. The van der Waals surface area contributed by atoms with Crippen LogP contribution in [0.3, 0.4) is 0 Å². The van der Waals surface area contributed by atoms with Crippen molar-refractivity contribution in [3.05, 3.63) is 47.6 Å². The van der Waals surface area contributed by atoms with Crippen LogP contribution in [0.25, 0.3) is 0 Å². The molecule has 0 spiro atoms. The molecule has 0 unspecified atom stereocenters. The van der Waals surface area contributed by atoms with Crippen molar-refractivity contribution in [1.29, 1.82) is 0 Å². The van der Waals surface area contributed by atoms with Crippen molar-refractivity contribution in [2.75, 3.05) is 26.2 Å². The Hall–Kier alpha value is -2.70. The summed E-state index contributed by atoms with van der Waals surface area (Å²) < 4.78 is 5.11. The molecule has 2 fully saturated rings. The van der Waals surface area contributed by atoms with Gasteiger partial charge in [0.25, 0.3) is 0 Å². The molecule has 1 aromatic heterocycles. The minimum Gasteiger partial charge on any atom is -0.343 e. The summed E-state index contributed by atoms with van der Waals surface area (Å²) in [5, 5.41) is 3.77. The maximum Gasteiger partial charge on any atom is 0.227 e. The highest BCUT2D eigenvalue weighted by atomic mass is 16.5. The Morgan fingerprint density at radius 2 is 1.84 bits per heavy atom. The Kier molecular flexibility index (Phi) is 7.55. The first kappa shape index (κ1) is 22.5. The van der Waals surface area contributed by atoms with E-state index in [1.54, 1.807) is 6.92 Å². The van der Waals surface area contributed by atoms with Crippen LogP contribution in [0.15, 0.2) is 34.9 Å². The van der Waals surface area contributed by atoms with Gasteiger partial charge in [-0.05, 0) is 50.5 Å². The number of rotatable bonds is 7. The van der Waals surface area contributed by atoms with E-state index in [4.69, 9.17) is 4.52 Å². The second kappa shape index (κ2) is 10.7. The standard InChI is InChI=1S/C25H34N4O3/c1-19-26-23(32-27-19)10-11-24(30)28-17-13-21(14-18-28)22-9-5-6-15-29(25(22)31)16-12-20-7-3-2-4-8-20/h2-4,7-8,21-22H,5-6,9-18H2,1H3/t22-/m1/s1. The van der Waals surface area contributed by atoms with E-state index in [-0.39, 0.29) is 11.8 Å². The predicted molar refractivity (Wildman–Crippen MR) is 121 cm³/mol. The minimum absolute atomic E-state index is 0.104. The van der Waals surface area contributed by atoms with Gasteiger partial charge < -0.3 is 14.3 Å². The fourth-order valence-corrected chi connectivity index (χ4v) is 5.07. The van der Waals surface area contributed by atoms with E-state index in [1.807, 2.05) is 11.0 Å². The molecule has 7 nitrogen and oxygen atoms in total. The maximum atomic E-state index is 13.4. The zero-order valence-electron chi connectivity index (χ0n) is 19.0. The SMILES string of the molecule is Cc1noc(CCC(=O)N2CCC([C@H]3CCCCN(CCc4ccccc4)C3=O)CC2)n1. The average Bonchev–Trinajstić information content (AvgIpc) is 3.15. The Morgan fingerprint density at radius 3 is 2.56 bits per heavy atom. The van der Waals surface area contributed by atoms with Crippen molar-refractivity contribution in [3.63, 3.8) is 0 Å². The second-order valence-corrected chi connectivity index (χ2v) is 9.12. The summed E-state index contributed by atoms with van der Waals surface area (Å²) >= 11 is 0. The highest BCUT2D eigenvalue weighted by Gasteiger charge is 2.35. The summed E-state index contributed by atoms with van der Waals surface area (Å²) in [6.45, 7) is 4.91. The van der Waals surface area contributed by atoms with Gasteiger partial charge in [0.05, 0.1) is 0 Å². The van der Waals surface area contributed by atoms with Crippen LogP contribution >= 0.6 is 0 Å². The lowest BCUT2D eigenvalue weighted by Crippen LogP contribution is -2.44. The topological polar surface area (TPSA) is 79.5 Å². The van der Waals surface area contributed by atoms with E-state index in [1.165, 1.54) is 5.56 Å². The molecule has 0 bridgehead atoms. The Bertz CT molecular complexity index is 890. The monoisotopic (exact) mass is 438 g/mol. The van der Waals surface area contributed by atoms with E-state index in [0.29, 0.717) is 36.4 Å². The zero-order valence-corrected chi connectivity index (χ0v) is 19.0. The van der Waals surface area contributed by atoms with Gasteiger partial charge in [-0.3, -0.25) is 9.59 Å². The third-order valence-corrected chi connectivity index (χ3v) is 6.92. The minimum atomic E-state index is 0.104. The molecule has 0 aliphatic carbocycles. The van der Waals surface area contributed by atoms with Crippen molar-refractivity contribution in [1.82, 2.24) is 19.9 Å². The van der Waals surface area contributed by atoms with Gasteiger partial charge in [0, 0.05) is 44.9 Å². The molecule has 2 aromatic rings. The first-order chi connectivity index (χ1) is 15.6. The number of aromatic nitrogens is 2. The molecule has 32 heavy (non-hydrogen) atoms. The molecule has 172 valence electrons. The predicted octanol–water partition coefficient (Wildman–Crippen LogP) is 3.42. The summed E-state index contributed by atoms with van der Waals surface area (Å²) in [7, 11) is 0. The number of amides is 2. The summed E-state index contributed by atoms with van der Waals surface area (Å²) in [4.78, 5) is 34.2. The molecular weight excluding hydrogens is 404 g/mol. The number of likely N-dealkylation sites (tertiary alicyclic amines) is 2. The fraction of sp³-hybridized carbons (Fsp3) is 0.600. The maximum absolute atomic E-state index is 13.4. The van der Waals surface area contributed by atoms with Crippen LogP contribution in [-0.2, 0) is 22.4 Å². The quantitative estimate of drug-likeness (QED) is 0.662. The van der Waals surface area contributed by atoms with Crippen molar-refractivity contribution >= 4 is 11.8 Å². The van der Waals surface area contributed by atoms with Crippen LogP contribution in [0.2, 0.25) is 0 Å². The smallest absolute Gasteiger partial charge is 0.227 e. The van der Waals surface area contributed by atoms with Gasteiger partial charge in [-0.25, -0.2) is 0 Å². The number of carbonyl (C=O) groups excluding carboxylic acids is 2. The highest BCUT2D eigenvalue weighted by Crippen LogP contribution is 2.32. The molecule has 2 aliphatic heterocycles. The first-order valence-electron chi connectivity index (χ1n) is 12.0. The molecule has 2 amide bonds. The lowest BCUT2D eigenvalue weighted by Gasteiger charge is -2.36. The summed E-state index contributed by atoms with van der Waals surface area (Å²) in [5.41, 5.74) is 1.28. The van der Waals surface area contributed by atoms with Gasteiger partial charge >= 0.3 is 0 Å². The second-order valence-electron chi connectivity index (χ2n) is 9.12. The van der Waals surface area contributed by atoms with Crippen molar-refractivity contribution in [3.8, 4) is 0 Å². The Morgan fingerprint density at radius 1 is 1.06 bits per heavy atom. The van der Waals surface area contributed by atoms with Crippen molar-refractivity contribution < 1.29 is 14.1 Å². The molecule has 2 aliphatic rings. The lowest BCUT2D eigenvalue weighted by molar-refractivity contribution is -0.138. The van der Waals surface area contributed by atoms with Crippen LogP contribution in [0.1, 0.15) is 55.8 Å². The van der Waals surface area contributed by atoms with E-state index in [9.17, 15) is 9.59 Å². The van der Waals surface area contributed by atoms with E-state index in [0.717, 1.165) is 64.7 Å². The number of carbonyl (C=O) groups is 2. The van der Waals surface area contributed by atoms with Gasteiger partial charge in [0.2, 0.25) is 17.7 Å². The fourth-order valence-electron chi connectivity index (χ4n) is 5.07. The lowest BCUT2D eigenvalue weighted by atomic mass is 9.81. The van der Waals surface area contributed by atoms with Crippen LogP contribution in [0.4, 0.5) is 0 Å². The number of nitrogens with zero attached hydrogens (tertiary/aromatic N) is 4. The molecule has 1 atom stereocenters. The molecule has 4 rings (SSSR count). The Balaban J connectivity index is 1.26. The van der Waals surface area contributed by atoms with Crippen molar-refractivity contribution in [2.45, 2.75) is 58.3 Å². The van der Waals surface area contributed by atoms with Gasteiger partial charge in [0.15, 0.2) is 5.82 Å². The summed E-state index contributed by atoms with van der Waals surface area (Å²) in [5.74, 6) is 2.06. The number of benzene rings is 1. The van der Waals surface area contributed by atoms with Crippen LogP contribution < -0.4 is 0 Å². The molecule has 0 radical (unpaired) electrons. The average molecular weight is 439 g/mol. The molecule has 0 saturated carbocycles. The van der Waals surface area contributed by atoms with Crippen LogP contribution in [-0.4, -0.2) is 57.9 Å². The van der Waals surface area contributed by atoms with Gasteiger partial charge in [0.1, 0.15) is 0 Å².